The molecule has 0 radical (unpaired) electrons. The highest BCUT2D eigenvalue weighted by Gasteiger charge is 2.21. The predicted octanol–water partition coefficient (Wildman–Crippen LogP) is 3.10. The maximum Gasteiger partial charge on any atom is 0.442 e. The third kappa shape index (κ3) is 3.18. The van der Waals surface area contributed by atoms with Crippen LogP contribution in [0.4, 0.5) is 5.69 Å². The summed E-state index contributed by atoms with van der Waals surface area (Å²) in [6.07, 6.45) is 1.59. The van der Waals surface area contributed by atoms with Gasteiger partial charge in [-0.2, -0.15) is 0 Å². The number of rotatable bonds is 5. The van der Waals surface area contributed by atoms with Crippen LogP contribution in [0.3, 0.4) is 0 Å². The number of pyridine rings is 1. The molecule has 0 saturated heterocycles. The van der Waals surface area contributed by atoms with Crippen LogP contribution >= 0.6 is 0 Å². The summed E-state index contributed by atoms with van der Waals surface area (Å²) < 4.78 is 5.99. The summed E-state index contributed by atoms with van der Waals surface area (Å²) in [5, 5.41) is 5.81. The van der Waals surface area contributed by atoms with Crippen molar-refractivity contribution in [1.82, 2.24) is 14.7 Å². The van der Waals surface area contributed by atoms with Crippen molar-refractivity contribution in [2.45, 2.75) is 13.5 Å². The zero-order chi connectivity index (χ0) is 19.5. The van der Waals surface area contributed by atoms with E-state index in [4.69, 9.17) is 4.52 Å². The van der Waals surface area contributed by atoms with Gasteiger partial charge in [0.2, 0.25) is 11.7 Å². The fourth-order valence-electron chi connectivity index (χ4n) is 3.23. The summed E-state index contributed by atoms with van der Waals surface area (Å²) in [4.78, 5) is 31.1. The number of carbonyl (C=O) groups is 1. The molecule has 140 valence electrons. The smallest absolute Gasteiger partial charge is 0.311 e. The molecule has 2 aromatic carbocycles. The predicted molar refractivity (Wildman–Crippen MR) is 106 cm³/mol. The van der Waals surface area contributed by atoms with E-state index in [1.54, 1.807) is 29.3 Å². The van der Waals surface area contributed by atoms with E-state index in [0.29, 0.717) is 12.2 Å². The summed E-state index contributed by atoms with van der Waals surface area (Å²) in [6.45, 7) is 2.17. The van der Waals surface area contributed by atoms with Gasteiger partial charge in [-0.05, 0) is 30.5 Å². The van der Waals surface area contributed by atoms with E-state index < -0.39 is 5.76 Å². The highest BCUT2D eigenvalue weighted by atomic mass is 16.5. The molecule has 4 rings (SSSR count). The van der Waals surface area contributed by atoms with Gasteiger partial charge in [0.15, 0.2) is 0 Å². The van der Waals surface area contributed by atoms with Crippen LogP contribution in [-0.4, -0.2) is 27.2 Å². The first-order valence-corrected chi connectivity index (χ1v) is 8.95. The van der Waals surface area contributed by atoms with Crippen molar-refractivity contribution in [3.8, 4) is 11.5 Å². The van der Waals surface area contributed by atoms with Crippen molar-refractivity contribution in [2.24, 2.45) is 0 Å². The van der Waals surface area contributed by atoms with Gasteiger partial charge < -0.3 is 4.90 Å². The zero-order valence-corrected chi connectivity index (χ0v) is 15.3. The Bertz CT molecular complexity index is 1180. The SMILES string of the molecule is CCN(C(=O)Cn1c(-c2ccccn2)noc1=O)c1cccc2ccccc12. The summed E-state index contributed by atoms with van der Waals surface area (Å²) in [6, 6.07) is 18.9. The number of benzene rings is 2. The van der Waals surface area contributed by atoms with Gasteiger partial charge in [0, 0.05) is 18.1 Å². The van der Waals surface area contributed by atoms with Crippen LogP contribution in [0.5, 0.6) is 0 Å². The standard InChI is InChI=1S/C21H18N4O3/c1-2-24(18-12-7-9-15-8-3-4-10-16(15)18)19(26)14-25-20(23-28-21(25)27)17-11-5-6-13-22-17/h3-13H,2,14H2,1H3. The average molecular weight is 374 g/mol. The van der Waals surface area contributed by atoms with E-state index in [1.807, 2.05) is 49.4 Å². The molecule has 4 aromatic rings. The van der Waals surface area contributed by atoms with Crippen molar-refractivity contribution in [1.29, 1.82) is 0 Å². The molecule has 7 heteroatoms. The number of fused-ring (bicyclic) bond motifs is 1. The number of hydrogen-bond acceptors (Lipinski definition) is 5. The summed E-state index contributed by atoms with van der Waals surface area (Å²) in [5.74, 6) is -0.697. The molecule has 2 heterocycles. The first-order valence-electron chi connectivity index (χ1n) is 8.95. The summed E-state index contributed by atoms with van der Waals surface area (Å²) >= 11 is 0. The summed E-state index contributed by atoms with van der Waals surface area (Å²) in [5.41, 5.74) is 1.27. The zero-order valence-electron chi connectivity index (χ0n) is 15.3. The summed E-state index contributed by atoms with van der Waals surface area (Å²) in [7, 11) is 0. The Hall–Kier alpha value is -3.74. The molecule has 0 N–H and O–H groups in total. The maximum atomic E-state index is 13.1. The number of aromatic nitrogens is 3. The molecule has 0 aliphatic carbocycles. The number of anilines is 1. The normalized spacial score (nSPS) is 10.9. The second-order valence-electron chi connectivity index (χ2n) is 6.21. The van der Waals surface area contributed by atoms with E-state index in [9.17, 15) is 9.59 Å². The van der Waals surface area contributed by atoms with Crippen molar-refractivity contribution in [3.05, 3.63) is 77.4 Å². The second-order valence-corrected chi connectivity index (χ2v) is 6.21. The van der Waals surface area contributed by atoms with E-state index in [-0.39, 0.29) is 18.3 Å². The Kier molecular flexibility index (Phi) is 4.72. The van der Waals surface area contributed by atoms with Crippen LogP contribution in [0.2, 0.25) is 0 Å². The molecule has 0 unspecified atom stereocenters. The van der Waals surface area contributed by atoms with Crippen LogP contribution in [-0.2, 0) is 11.3 Å². The topological polar surface area (TPSA) is 81.2 Å². The van der Waals surface area contributed by atoms with Crippen LogP contribution in [0, 0.1) is 0 Å². The van der Waals surface area contributed by atoms with E-state index in [2.05, 4.69) is 10.1 Å². The maximum absolute atomic E-state index is 13.1. The Balaban J connectivity index is 1.70. The van der Waals surface area contributed by atoms with Gasteiger partial charge in [0.1, 0.15) is 12.2 Å². The number of likely N-dealkylation sites (N-methyl/N-ethyl adjacent to an activating group) is 1. The van der Waals surface area contributed by atoms with Crippen LogP contribution in [0.25, 0.3) is 22.3 Å². The molecule has 0 bridgehead atoms. The highest BCUT2D eigenvalue weighted by molar-refractivity contribution is 6.03. The molecule has 0 atom stereocenters. The van der Waals surface area contributed by atoms with Gasteiger partial charge in [0.25, 0.3) is 0 Å². The Morgan fingerprint density at radius 3 is 2.64 bits per heavy atom. The molecule has 0 spiro atoms. The minimum absolute atomic E-state index is 0.189. The molecule has 0 aliphatic rings. The molecular weight excluding hydrogens is 356 g/mol. The Morgan fingerprint density at radius 2 is 1.86 bits per heavy atom. The van der Waals surface area contributed by atoms with E-state index in [0.717, 1.165) is 16.5 Å². The van der Waals surface area contributed by atoms with Crippen LogP contribution in [0.1, 0.15) is 6.92 Å². The number of hydrogen-bond donors (Lipinski definition) is 0. The van der Waals surface area contributed by atoms with Crippen LogP contribution in [0.15, 0.2) is 76.2 Å². The van der Waals surface area contributed by atoms with Gasteiger partial charge in [-0.3, -0.25) is 14.3 Å². The monoisotopic (exact) mass is 374 g/mol. The van der Waals surface area contributed by atoms with Crippen molar-refractivity contribution >= 4 is 22.4 Å². The van der Waals surface area contributed by atoms with Gasteiger partial charge >= 0.3 is 5.76 Å². The highest BCUT2D eigenvalue weighted by Crippen LogP contribution is 2.27. The molecule has 0 saturated carbocycles. The Labute approximate surface area is 160 Å². The lowest BCUT2D eigenvalue weighted by molar-refractivity contribution is -0.119. The minimum Gasteiger partial charge on any atom is -0.311 e. The van der Waals surface area contributed by atoms with Crippen molar-refractivity contribution < 1.29 is 9.32 Å². The number of carbonyl (C=O) groups excluding carboxylic acids is 1. The Morgan fingerprint density at radius 1 is 1.07 bits per heavy atom. The average Bonchev–Trinajstić information content (AvgIpc) is 3.09. The number of amides is 1. The number of nitrogens with zero attached hydrogens (tertiary/aromatic N) is 4. The lowest BCUT2D eigenvalue weighted by Crippen LogP contribution is -2.36. The molecule has 1 amide bonds. The van der Waals surface area contributed by atoms with E-state index >= 15 is 0 Å². The van der Waals surface area contributed by atoms with Crippen molar-refractivity contribution in [3.63, 3.8) is 0 Å². The third-order valence-electron chi connectivity index (χ3n) is 4.55. The molecular formula is C21H18N4O3. The van der Waals surface area contributed by atoms with Gasteiger partial charge in [-0.1, -0.05) is 47.6 Å². The lowest BCUT2D eigenvalue weighted by Gasteiger charge is -2.23. The van der Waals surface area contributed by atoms with Crippen LogP contribution < -0.4 is 10.7 Å². The second kappa shape index (κ2) is 7.48. The molecule has 2 aromatic heterocycles. The fourth-order valence-corrected chi connectivity index (χ4v) is 3.23. The molecule has 28 heavy (non-hydrogen) atoms. The molecule has 7 nitrogen and oxygen atoms in total. The molecule has 0 aliphatic heterocycles. The van der Waals surface area contributed by atoms with Crippen molar-refractivity contribution in [2.75, 3.05) is 11.4 Å². The minimum atomic E-state index is -0.692. The quantitative estimate of drug-likeness (QED) is 0.536. The lowest BCUT2D eigenvalue weighted by atomic mass is 10.1. The van der Waals surface area contributed by atoms with Gasteiger partial charge in [0.05, 0.1) is 5.69 Å². The third-order valence-corrected chi connectivity index (χ3v) is 4.55. The fraction of sp³-hybridized carbons (Fsp3) is 0.143. The van der Waals surface area contributed by atoms with Gasteiger partial charge in [-0.25, -0.2) is 9.36 Å². The van der Waals surface area contributed by atoms with E-state index in [1.165, 1.54) is 4.57 Å². The first kappa shape index (κ1) is 17.7. The molecule has 0 fully saturated rings. The largest absolute Gasteiger partial charge is 0.442 e. The van der Waals surface area contributed by atoms with Gasteiger partial charge in [-0.15, -0.1) is 0 Å². The first-order chi connectivity index (χ1) is 13.7.